The Bertz CT molecular complexity index is 848. The van der Waals surface area contributed by atoms with Crippen molar-refractivity contribution < 1.29 is 17.9 Å². The number of hydrogen-bond donors (Lipinski definition) is 1. The number of carbonyl (C=O) groups is 1. The molecule has 6 nitrogen and oxygen atoms in total. The van der Waals surface area contributed by atoms with Gasteiger partial charge >= 0.3 is 0 Å². The molecule has 0 bridgehead atoms. The molecule has 0 aliphatic rings. The molecule has 0 aliphatic heterocycles. The smallest absolute Gasteiger partial charge is 0.254 e. The summed E-state index contributed by atoms with van der Waals surface area (Å²) in [5.41, 5.74) is 1.32. The van der Waals surface area contributed by atoms with Crippen LogP contribution in [0.25, 0.3) is 0 Å². The highest BCUT2D eigenvalue weighted by atomic mass is 32.2. The maximum Gasteiger partial charge on any atom is 0.254 e. The summed E-state index contributed by atoms with van der Waals surface area (Å²) in [6.07, 6.45) is 0. The Labute approximate surface area is 154 Å². The van der Waals surface area contributed by atoms with Crippen LogP contribution in [0.3, 0.4) is 0 Å². The molecule has 1 N–H and O–H groups in total. The largest absolute Gasteiger partial charge is 0.497 e. The van der Waals surface area contributed by atoms with Crippen LogP contribution >= 0.6 is 0 Å². The van der Waals surface area contributed by atoms with Gasteiger partial charge in [0.15, 0.2) is 0 Å². The van der Waals surface area contributed by atoms with Crippen LogP contribution in [0.2, 0.25) is 0 Å². The standard InChI is InChI=1S/C19H24N2O4S/c1-4-20-26(23,24)18-8-6-7-16(13-18)19(22)21(5-2)14-15-9-11-17(25-3)12-10-15/h6-13,20H,4-5,14H2,1-3H3. The molecule has 0 fully saturated rings. The van der Waals surface area contributed by atoms with Gasteiger partial charge in [0, 0.05) is 25.2 Å². The number of sulfonamides is 1. The number of hydrogen-bond acceptors (Lipinski definition) is 4. The molecule has 1 amide bonds. The Morgan fingerprint density at radius 2 is 1.81 bits per heavy atom. The van der Waals surface area contributed by atoms with Gasteiger partial charge in [-0.1, -0.05) is 25.1 Å². The van der Waals surface area contributed by atoms with E-state index < -0.39 is 10.0 Å². The third kappa shape index (κ3) is 4.83. The highest BCUT2D eigenvalue weighted by Gasteiger charge is 2.18. The number of nitrogens with zero attached hydrogens (tertiary/aromatic N) is 1. The molecule has 0 spiro atoms. The molecule has 26 heavy (non-hydrogen) atoms. The van der Waals surface area contributed by atoms with E-state index >= 15 is 0 Å². The van der Waals surface area contributed by atoms with E-state index in [1.165, 1.54) is 12.1 Å². The van der Waals surface area contributed by atoms with Crippen molar-refractivity contribution in [2.75, 3.05) is 20.2 Å². The molecule has 0 radical (unpaired) electrons. The van der Waals surface area contributed by atoms with Gasteiger partial charge in [-0.25, -0.2) is 13.1 Å². The number of nitrogens with one attached hydrogen (secondary N) is 1. The molecule has 2 rings (SSSR count). The van der Waals surface area contributed by atoms with Crippen LogP contribution in [-0.2, 0) is 16.6 Å². The number of methoxy groups -OCH3 is 1. The van der Waals surface area contributed by atoms with Gasteiger partial charge in [0.05, 0.1) is 12.0 Å². The highest BCUT2D eigenvalue weighted by molar-refractivity contribution is 7.89. The third-order valence-corrected chi connectivity index (χ3v) is 5.47. The Morgan fingerprint density at radius 3 is 2.38 bits per heavy atom. The summed E-state index contributed by atoms with van der Waals surface area (Å²) in [4.78, 5) is 14.6. The van der Waals surface area contributed by atoms with Gasteiger partial charge < -0.3 is 9.64 Å². The molecule has 7 heteroatoms. The topological polar surface area (TPSA) is 75.7 Å². The van der Waals surface area contributed by atoms with Crippen molar-refractivity contribution in [3.05, 3.63) is 59.7 Å². The first kappa shape index (κ1) is 19.9. The van der Waals surface area contributed by atoms with E-state index in [9.17, 15) is 13.2 Å². The molecule has 0 saturated carbocycles. The first-order valence-corrected chi connectivity index (χ1v) is 9.91. The summed E-state index contributed by atoms with van der Waals surface area (Å²) >= 11 is 0. The number of carbonyl (C=O) groups excluding carboxylic acids is 1. The van der Waals surface area contributed by atoms with Crippen LogP contribution in [0.4, 0.5) is 0 Å². The maximum atomic E-state index is 12.8. The van der Waals surface area contributed by atoms with Gasteiger partial charge in [-0.05, 0) is 42.8 Å². The zero-order chi connectivity index (χ0) is 19.2. The molecular formula is C19H24N2O4S. The summed E-state index contributed by atoms with van der Waals surface area (Å²) in [5, 5.41) is 0. The summed E-state index contributed by atoms with van der Waals surface area (Å²) in [7, 11) is -2.00. The van der Waals surface area contributed by atoms with Crippen molar-refractivity contribution in [3.63, 3.8) is 0 Å². The molecule has 2 aromatic rings. The molecule has 2 aromatic carbocycles. The molecule has 0 saturated heterocycles. The minimum atomic E-state index is -3.60. The van der Waals surface area contributed by atoms with E-state index in [1.807, 2.05) is 31.2 Å². The highest BCUT2D eigenvalue weighted by Crippen LogP contribution is 2.17. The molecular weight excluding hydrogens is 352 g/mol. The lowest BCUT2D eigenvalue weighted by Gasteiger charge is -2.21. The van der Waals surface area contributed by atoms with Gasteiger partial charge in [0.1, 0.15) is 5.75 Å². The molecule has 0 aromatic heterocycles. The van der Waals surface area contributed by atoms with E-state index in [-0.39, 0.29) is 10.8 Å². The average molecular weight is 376 g/mol. The van der Waals surface area contributed by atoms with Crippen molar-refractivity contribution in [2.24, 2.45) is 0 Å². The van der Waals surface area contributed by atoms with Crippen molar-refractivity contribution in [2.45, 2.75) is 25.3 Å². The molecule has 0 aliphatic carbocycles. The van der Waals surface area contributed by atoms with Crippen molar-refractivity contribution in [1.29, 1.82) is 0 Å². The Balaban J connectivity index is 2.22. The van der Waals surface area contributed by atoms with Crippen LogP contribution in [0.1, 0.15) is 29.8 Å². The van der Waals surface area contributed by atoms with Crippen LogP contribution in [0, 0.1) is 0 Å². The Hall–Kier alpha value is -2.38. The van der Waals surface area contributed by atoms with Crippen molar-refractivity contribution in [3.8, 4) is 5.75 Å². The molecule has 0 atom stereocenters. The lowest BCUT2D eigenvalue weighted by Crippen LogP contribution is -2.30. The van der Waals surface area contributed by atoms with E-state index in [1.54, 1.807) is 31.1 Å². The van der Waals surface area contributed by atoms with Gasteiger partial charge in [-0.15, -0.1) is 0 Å². The first-order chi connectivity index (χ1) is 12.4. The van der Waals surface area contributed by atoms with Crippen molar-refractivity contribution in [1.82, 2.24) is 9.62 Å². The summed E-state index contributed by atoms with van der Waals surface area (Å²) in [5.74, 6) is 0.543. The van der Waals surface area contributed by atoms with Crippen molar-refractivity contribution >= 4 is 15.9 Å². The summed E-state index contributed by atoms with van der Waals surface area (Å²) in [6.45, 7) is 4.83. The fraction of sp³-hybridized carbons (Fsp3) is 0.316. The molecule has 0 heterocycles. The second kappa shape index (κ2) is 8.82. The third-order valence-electron chi connectivity index (χ3n) is 3.93. The monoisotopic (exact) mass is 376 g/mol. The summed E-state index contributed by atoms with van der Waals surface area (Å²) < 4.78 is 31.9. The van der Waals surface area contributed by atoms with Crippen LogP contribution in [0.15, 0.2) is 53.4 Å². The quantitative estimate of drug-likeness (QED) is 0.768. The number of benzene rings is 2. The van der Waals surface area contributed by atoms with Crippen LogP contribution < -0.4 is 9.46 Å². The minimum Gasteiger partial charge on any atom is -0.497 e. The maximum absolute atomic E-state index is 12.8. The fourth-order valence-electron chi connectivity index (χ4n) is 2.53. The Kier molecular flexibility index (Phi) is 6.76. The average Bonchev–Trinajstić information content (AvgIpc) is 2.66. The molecule has 0 unspecified atom stereocenters. The minimum absolute atomic E-state index is 0.0886. The Morgan fingerprint density at radius 1 is 1.12 bits per heavy atom. The van der Waals surface area contributed by atoms with Gasteiger partial charge in [0.25, 0.3) is 5.91 Å². The fourth-order valence-corrected chi connectivity index (χ4v) is 3.62. The van der Waals surface area contributed by atoms with Gasteiger partial charge in [-0.2, -0.15) is 0 Å². The number of amides is 1. The van der Waals surface area contributed by atoms with Crippen LogP contribution in [0.5, 0.6) is 5.75 Å². The zero-order valence-electron chi connectivity index (χ0n) is 15.2. The summed E-state index contributed by atoms with van der Waals surface area (Å²) in [6, 6.07) is 13.6. The molecule has 140 valence electrons. The van der Waals surface area contributed by atoms with E-state index in [0.717, 1.165) is 11.3 Å². The van der Waals surface area contributed by atoms with Gasteiger partial charge in [-0.3, -0.25) is 4.79 Å². The lowest BCUT2D eigenvalue weighted by atomic mass is 10.1. The van der Waals surface area contributed by atoms with Gasteiger partial charge in [0.2, 0.25) is 10.0 Å². The van der Waals surface area contributed by atoms with E-state index in [0.29, 0.717) is 25.2 Å². The predicted octanol–water partition coefficient (Wildman–Crippen LogP) is 2.66. The predicted molar refractivity (Wildman–Crippen MR) is 101 cm³/mol. The SMILES string of the molecule is CCNS(=O)(=O)c1cccc(C(=O)N(CC)Cc2ccc(OC)cc2)c1. The number of ether oxygens (including phenoxy) is 1. The van der Waals surface area contributed by atoms with E-state index in [4.69, 9.17) is 4.74 Å². The van der Waals surface area contributed by atoms with E-state index in [2.05, 4.69) is 4.72 Å². The first-order valence-electron chi connectivity index (χ1n) is 8.43. The second-order valence-corrected chi connectivity index (χ2v) is 7.46. The second-order valence-electron chi connectivity index (χ2n) is 5.70. The van der Waals surface area contributed by atoms with Crippen LogP contribution in [-0.4, -0.2) is 39.4 Å². The number of rotatable bonds is 8. The zero-order valence-corrected chi connectivity index (χ0v) is 16.0. The lowest BCUT2D eigenvalue weighted by molar-refractivity contribution is 0.0752. The normalized spacial score (nSPS) is 11.2.